The number of nitrogens with two attached hydrogens (primary N) is 1. The lowest BCUT2D eigenvalue weighted by Gasteiger charge is -2.16. The molecule has 1 amide bonds. The number of aromatic nitrogens is 1. The molecule has 2 bridgehead atoms. The van der Waals surface area contributed by atoms with Gasteiger partial charge in [0.15, 0.2) is 0 Å². The molecule has 3 aromatic carbocycles. The molecule has 5 rings (SSSR count). The highest BCUT2D eigenvalue weighted by molar-refractivity contribution is 6.27. The number of aliphatic imine (C=N–C) groups is 1. The maximum Gasteiger partial charge on any atom is 0.336 e. The third-order valence-electron chi connectivity index (χ3n) is 5.80. The van der Waals surface area contributed by atoms with Crippen molar-refractivity contribution in [3.8, 4) is 0 Å². The average Bonchev–Trinajstić information content (AvgIpc) is 3.04. The van der Waals surface area contributed by atoms with E-state index >= 15 is 0 Å². The van der Waals surface area contributed by atoms with Gasteiger partial charge < -0.3 is 21.1 Å². The molecule has 0 aliphatic heterocycles. The summed E-state index contributed by atoms with van der Waals surface area (Å²) in [4.78, 5) is 59.8. The molecule has 2 heterocycles. The Morgan fingerprint density at radius 3 is 2.25 bits per heavy atom. The molecule has 10 nitrogen and oxygen atoms in total. The smallest absolute Gasteiger partial charge is 0.336 e. The number of carbonyl (C=O) groups excluding carboxylic acids is 1. The maximum atomic E-state index is 13.2. The van der Waals surface area contributed by atoms with Gasteiger partial charge in [-0.1, -0.05) is 18.2 Å². The lowest BCUT2D eigenvalue weighted by molar-refractivity contribution is 0.0697. The molecule has 0 unspecified atom stereocenters. The second kappa shape index (κ2) is 9.96. The van der Waals surface area contributed by atoms with E-state index in [9.17, 15) is 24.3 Å². The Hall–Kier alpha value is -4.57. The molecule has 0 aliphatic rings. The van der Waals surface area contributed by atoms with Gasteiger partial charge in [0.2, 0.25) is 0 Å². The van der Waals surface area contributed by atoms with E-state index < -0.39 is 23.0 Å². The fourth-order valence-electron chi connectivity index (χ4n) is 4.19. The molecule has 36 heavy (non-hydrogen) atoms. The number of fused-ring (bicyclic) bond motifs is 3. The number of amidine groups is 1. The first kappa shape index (κ1) is 24.6. The number of benzene rings is 3. The molecular formula is C26H25N5O5. The van der Waals surface area contributed by atoms with Crippen molar-refractivity contribution in [1.82, 2.24) is 15.2 Å². The topological polar surface area (TPSA) is 158 Å². The summed E-state index contributed by atoms with van der Waals surface area (Å²) >= 11 is 0. The van der Waals surface area contributed by atoms with E-state index in [4.69, 9.17) is 5.73 Å². The number of nitrogens with zero attached hydrogens (tertiary/aromatic N) is 2. The van der Waals surface area contributed by atoms with Crippen molar-refractivity contribution < 1.29 is 14.7 Å². The number of carboxylic acid groups (broad SMARTS) is 1. The van der Waals surface area contributed by atoms with E-state index in [-0.39, 0.29) is 44.1 Å². The molecule has 10 heteroatoms. The second-order valence-electron chi connectivity index (χ2n) is 8.59. The van der Waals surface area contributed by atoms with Crippen molar-refractivity contribution in [3.63, 3.8) is 0 Å². The zero-order valence-electron chi connectivity index (χ0n) is 19.8. The number of amides is 1. The third-order valence-corrected chi connectivity index (χ3v) is 5.80. The minimum Gasteiger partial charge on any atom is -0.478 e. The lowest BCUT2D eigenvalue weighted by Crippen LogP contribution is -2.28. The van der Waals surface area contributed by atoms with Gasteiger partial charge in [0.1, 0.15) is 5.84 Å². The summed E-state index contributed by atoms with van der Waals surface area (Å²) in [6.45, 7) is 1.07. The van der Waals surface area contributed by atoms with Crippen LogP contribution in [-0.2, 0) is 0 Å². The normalized spacial score (nSPS) is 11.9. The maximum absolute atomic E-state index is 13.2. The van der Waals surface area contributed by atoms with Gasteiger partial charge in [-0.05, 0) is 57.4 Å². The number of rotatable bonds is 8. The molecule has 0 aliphatic carbocycles. The Morgan fingerprint density at radius 2 is 1.64 bits per heavy atom. The summed E-state index contributed by atoms with van der Waals surface area (Å²) in [5.41, 5.74) is 4.99. The Balaban J connectivity index is 2.04. The summed E-state index contributed by atoms with van der Waals surface area (Å²) in [5.74, 6) is -2.09. The summed E-state index contributed by atoms with van der Waals surface area (Å²) in [6, 6.07) is 12.7. The molecule has 0 fully saturated rings. The van der Waals surface area contributed by atoms with E-state index in [0.717, 1.165) is 6.54 Å². The molecule has 0 saturated heterocycles. The Morgan fingerprint density at radius 1 is 1.00 bits per heavy atom. The Labute approximate surface area is 205 Å². The lowest BCUT2D eigenvalue weighted by atomic mass is 9.90. The fourth-order valence-corrected chi connectivity index (χ4v) is 4.19. The molecule has 2 aromatic heterocycles. The number of hydrogen-bond donors (Lipinski definition) is 4. The molecule has 0 radical (unpaired) electrons. The molecule has 184 valence electrons. The Bertz CT molecular complexity index is 1610. The van der Waals surface area contributed by atoms with Crippen molar-refractivity contribution in [2.24, 2.45) is 10.7 Å². The summed E-state index contributed by atoms with van der Waals surface area (Å²) in [6.07, 6.45) is 0.661. The fraction of sp³-hybridized carbons (Fsp3) is 0.192. The molecule has 0 spiro atoms. The van der Waals surface area contributed by atoms with Crippen molar-refractivity contribution in [3.05, 3.63) is 85.9 Å². The van der Waals surface area contributed by atoms with E-state index in [0.29, 0.717) is 18.7 Å². The first-order valence-corrected chi connectivity index (χ1v) is 11.2. The highest BCUT2D eigenvalue weighted by atomic mass is 16.4. The molecule has 0 saturated carbocycles. The standard InChI is InChI=1S/C26H25N5O5/c1-31(2)12-6-11-28-23(32)17-13-18(26(35)36)21(22(27)29-14-7-4-3-5-8-14)20-16-10-9-15(19(17)20)24(33)30-25(16)34/h3-5,7-10,13H,6,11-12H2,1-2H3,(H2,27,29)(H,28,32)(H,35,36)(H,30,33,34). The zero-order valence-corrected chi connectivity index (χ0v) is 19.8. The van der Waals surface area contributed by atoms with Crippen LogP contribution in [0.3, 0.4) is 0 Å². The minimum absolute atomic E-state index is 0.0190. The molecular weight excluding hydrogens is 462 g/mol. The molecule has 5 N–H and O–H groups in total. The monoisotopic (exact) mass is 487 g/mol. The first-order chi connectivity index (χ1) is 17.2. The van der Waals surface area contributed by atoms with E-state index in [1.54, 1.807) is 30.3 Å². The van der Waals surface area contributed by atoms with Gasteiger partial charge in [-0.15, -0.1) is 0 Å². The van der Waals surface area contributed by atoms with Gasteiger partial charge in [-0.25, -0.2) is 9.79 Å². The van der Waals surface area contributed by atoms with E-state index in [2.05, 4.69) is 15.3 Å². The van der Waals surface area contributed by atoms with E-state index in [1.807, 2.05) is 19.0 Å². The van der Waals surface area contributed by atoms with Crippen LogP contribution < -0.4 is 22.2 Å². The Kier molecular flexibility index (Phi) is 6.80. The largest absolute Gasteiger partial charge is 0.478 e. The summed E-state index contributed by atoms with van der Waals surface area (Å²) in [5, 5.41) is 13.2. The first-order valence-electron chi connectivity index (χ1n) is 11.2. The number of hydrogen-bond acceptors (Lipinski definition) is 6. The predicted octanol–water partition coefficient (Wildman–Crippen LogP) is 1.90. The highest BCUT2D eigenvalue weighted by Crippen LogP contribution is 2.32. The van der Waals surface area contributed by atoms with Crippen LogP contribution in [0.2, 0.25) is 0 Å². The zero-order chi connectivity index (χ0) is 26.0. The second-order valence-corrected chi connectivity index (χ2v) is 8.59. The number of nitrogens with one attached hydrogen (secondary N) is 2. The quantitative estimate of drug-likeness (QED) is 0.168. The van der Waals surface area contributed by atoms with Crippen LogP contribution in [-0.4, -0.2) is 59.9 Å². The number of para-hydroxylation sites is 1. The van der Waals surface area contributed by atoms with Crippen LogP contribution in [0.5, 0.6) is 0 Å². The van der Waals surface area contributed by atoms with Gasteiger partial charge in [0, 0.05) is 39.2 Å². The molecule has 0 atom stereocenters. The van der Waals surface area contributed by atoms with Gasteiger partial charge >= 0.3 is 5.97 Å². The summed E-state index contributed by atoms with van der Waals surface area (Å²) in [7, 11) is 3.82. The van der Waals surface area contributed by atoms with Gasteiger partial charge in [-0.2, -0.15) is 0 Å². The van der Waals surface area contributed by atoms with Crippen molar-refractivity contribution >= 4 is 44.9 Å². The van der Waals surface area contributed by atoms with Crippen LogP contribution >= 0.6 is 0 Å². The number of aromatic amines is 1. The number of aromatic carboxylic acids is 1. The third kappa shape index (κ3) is 4.66. The van der Waals surface area contributed by atoms with Crippen molar-refractivity contribution in [2.75, 3.05) is 27.2 Å². The van der Waals surface area contributed by atoms with Crippen LogP contribution in [0.4, 0.5) is 5.69 Å². The average molecular weight is 488 g/mol. The van der Waals surface area contributed by atoms with Gasteiger partial charge in [0.05, 0.1) is 11.3 Å². The van der Waals surface area contributed by atoms with Crippen molar-refractivity contribution in [1.29, 1.82) is 0 Å². The SMILES string of the molecule is CN(C)CCCNC(=O)c1cc(C(=O)O)c(C(N)=Nc2ccccc2)c2c3ccc(c(=O)[nH]c3=O)c12. The number of H-pyrrole nitrogens is 1. The summed E-state index contributed by atoms with van der Waals surface area (Å²) < 4.78 is 0. The van der Waals surface area contributed by atoms with Crippen LogP contribution in [0.25, 0.3) is 21.5 Å². The number of carboxylic acids is 1. The predicted molar refractivity (Wildman–Crippen MR) is 139 cm³/mol. The molecule has 5 aromatic rings. The van der Waals surface area contributed by atoms with Crippen LogP contribution in [0.1, 0.15) is 32.7 Å². The van der Waals surface area contributed by atoms with E-state index in [1.165, 1.54) is 18.2 Å². The van der Waals surface area contributed by atoms with Crippen molar-refractivity contribution in [2.45, 2.75) is 6.42 Å². The van der Waals surface area contributed by atoms with Crippen LogP contribution in [0, 0.1) is 0 Å². The number of carbonyl (C=O) groups is 2. The van der Waals surface area contributed by atoms with Crippen LogP contribution in [0.15, 0.2) is 63.1 Å². The minimum atomic E-state index is -1.36. The highest BCUT2D eigenvalue weighted by Gasteiger charge is 2.26. The van der Waals surface area contributed by atoms with Gasteiger partial charge in [-0.3, -0.25) is 19.4 Å². The van der Waals surface area contributed by atoms with Gasteiger partial charge in [0.25, 0.3) is 17.0 Å².